The van der Waals surface area contributed by atoms with Crippen LogP contribution in [0.2, 0.25) is 0 Å². The van der Waals surface area contributed by atoms with Crippen LogP contribution in [-0.2, 0) is 5.75 Å². The van der Waals surface area contributed by atoms with Crippen LogP contribution in [-0.4, -0.2) is 25.0 Å². The van der Waals surface area contributed by atoms with Gasteiger partial charge in [-0.3, -0.25) is 4.57 Å². The summed E-state index contributed by atoms with van der Waals surface area (Å²) in [5.41, 5.74) is 2.91. The third-order valence-electron chi connectivity index (χ3n) is 4.49. The van der Waals surface area contributed by atoms with Crippen LogP contribution >= 0.6 is 11.8 Å². The zero-order valence-electron chi connectivity index (χ0n) is 15.9. The quantitative estimate of drug-likeness (QED) is 0.354. The second-order valence-electron chi connectivity index (χ2n) is 6.50. The van der Waals surface area contributed by atoms with Crippen molar-refractivity contribution in [3.05, 3.63) is 96.9 Å². The Balaban J connectivity index is 1.44. The molecule has 0 amide bonds. The van der Waals surface area contributed by atoms with Crippen molar-refractivity contribution < 1.29 is 4.42 Å². The molecule has 146 valence electrons. The van der Waals surface area contributed by atoms with Gasteiger partial charge in [-0.2, -0.15) is 0 Å². The molecule has 2 heterocycles. The molecule has 5 aromatic rings. The van der Waals surface area contributed by atoms with E-state index in [1.165, 1.54) is 11.8 Å². The number of benzene rings is 3. The van der Waals surface area contributed by atoms with Gasteiger partial charge in [0.25, 0.3) is 0 Å². The van der Waals surface area contributed by atoms with Crippen LogP contribution < -0.4 is 0 Å². The van der Waals surface area contributed by atoms with Crippen molar-refractivity contribution in [2.24, 2.45) is 0 Å². The van der Waals surface area contributed by atoms with Crippen LogP contribution in [0.3, 0.4) is 0 Å². The summed E-state index contributed by atoms with van der Waals surface area (Å²) >= 11 is 1.51. The second-order valence-corrected chi connectivity index (χ2v) is 7.44. The number of thioether (sulfide) groups is 1. The lowest BCUT2D eigenvalue weighted by Crippen LogP contribution is -1.99. The Kier molecular flexibility index (Phi) is 5.10. The molecular formula is C23H17N5OS. The Bertz CT molecular complexity index is 1240. The molecule has 0 unspecified atom stereocenters. The Labute approximate surface area is 177 Å². The van der Waals surface area contributed by atoms with E-state index in [9.17, 15) is 0 Å². The van der Waals surface area contributed by atoms with Crippen LogP contribution in [0.25, 0.3) is 28.5 Å². The minimum Gasteiger partial charge on any atom is -0.420 e. The predicted molar refractivity (Wildman–Crippen MR) is 116 cm³/mol. The first-order valence-electron chi connectivity index (χ1n) is 9.45. The number of aromatic nitrogens is 5. The van der Waals surface area contributed by atoms with Gasteiger partial charge in [0, 0.05) is 16.8 Å². The van der Waals surface area contributed by atoms with E-state index in [-0.39, 0.29) is 0 Å². The average molecular weight is 411 g/mol. The molecular weight excluding hydrogens is 394 g/mol. The zero-order valence-corrected chi connectivity index (χ0v) is 16.7. The fourth-order valence-corrected chi connectivity index (χ4v) is 3.87. The molecule has 7 heteroatoms. The normalized spacial score (nSPS) is 10.9. The Morgan fingerprint density at radius 3 is 2.00 bits per heavy atom. The highest BCUT2D eigenvalue weighted by Gasteiger charge is 2.17. The highest BCUT2D eigenvalue weighted by atomic mass is 32.2. The van der Waals surface area contributed by atoms with Gasteiger partial charge in [0.15, 0.2) is 11.0 Å². The maximum Gasteiger partial charge on any atom is 0.247 e. The first-order chi connectivity index (χ1) is 14.9. The number of rotatable bonds is 6. The molecule has 0 aliphatic carbocycles. The largest absolute Gasteiger partial charge is 0.420 e. The van der Waals surface area contributed by atoms with Crippen molar-refractivity contribution >= 4 is 11.8 Å². The number of hydrogen-bond acceptors (Lipinski definition) is 6. The second kappa shape index (κ2) is 8.34. The van der Waals surface area contributed by atoms with Gasteiger partial charge in [-0.1, -0.05) is 78.5 Å². The molecule has 2 aromatic heterocycles. The monoisotopic (exact) mass is 411 g/mol. The lowest BCUT2D eigenvalue weighted by molar-refractivity contribution is 0.528. The molecule has 0 saturated carbocycles. The molecule has 0 bridgehead atoms. The predicted octanol–water partition coefficient (Wildman–Crippen LogP) is 5.28. The molecule has 0 atom stereocenters. The van der Waals surface area contributed by atoms with Gasteiger partial charge in [-0.05, 0) is 24.3 Å². The van der Waals surface area contributed by atoms with Gasteiger partial charge < -0.3 is 4.42 Å². The Morgan fingerprint density at radius 2 is 1.30 bits per heavy atom. The van der Waals surface area contributed by atoms with Gasteiger partial charge in [0.05, 0.1) is 5.75 Å². The van der Waals surface area contributed by atoms with Crippen molar-refractivity contribution in [2.75, 3.05) is 0 Å². The van der Waals surface area contributed by atoms with E-state index in [0.29, 0.717) is 17.5 Å². The molecule has 0 saturated heterocycles. The highest BCUT2D eigenvalue weighted by molar-refractivity contribution is 7.98. The SMILES string of the molecule is c1ccc(-c2nnc(CSc3nnc(-c4ccccc4)n3-c3ccccc3)o2)cc1. The van der Waals surface area contributed by atoms with Gasteiger partial charge >= 0.3 is 0 Å². The Morgan fingerprint density at radius 1 is 0.667 bits per heavy atom. The Hall–Kier alpha value is -3.71. The van der Waals surface area contributed by atoms with Crippen LogP contribution in [0, 0.1) is 0 Å². The van der Waals surface area contributed by atoms with Gasteiger partial charge in [0.2, 0.25) is 11.8 Å². The molecule has 0 aliphatic rings. The average Bonchev–Trinajstić information content (AvgIpc) is 3.47. The van der Waals surface area contributed by atoms with Gasteiger partial charge in [0.1, 0.15) is 0 Å². The van der Waals surface area contributed by atoms with Gasteiger partial charge in [-0.15, -0.1) is 20.4 Å². The molecule has 0 spiro atoms. The van der Waals surface area contributed by atoms with Crippen LogP contribution in [0.1, 0.15) is 5.89 Å². The van der Waals surface area contributed by atoms with E-state index in [0.717, 1.165) is 27.8 Å². The first kappa shape index (κ1) is 18.3. The van der Waals surface area contributed by atoms with Crippen molar-refractivity contribution in [3.8, 4) is 28.5 Å². The number of hydrogen-bond donors (Lipinski definition) is 0. The third-order valence-corrected chi connectivity index (χ3v) is 5.41. The van der Waals surface area contributed by atoms with E-state index in [4.69, 9.17) is 4.42 Å². The summed E-state index contributed by atoms with van der Waals surface area (Å²) in [5, 5.41) is 18.0. The molecule has 0 fully saturated rings. The summed E-state index contributed by atoms with van der Waals surface area (Å²) in [6, 6.07) is 29.9. The lowest BCUT2D eigenvalue weighted by Gasteiger charge is -2.09. The smallest absolute Gasteiger partial charge is 0.247 e. The maximum atomic E-state index is 5.83. The van der Waals surface area contributed by atoms with E-state index in [1.807, 2.05) is 91.0 Å². The molecule has 0 radical (unpaired) electrons. The minimum absolute atomic E-state index is 0.500. The first-order valence-corrected chi connectivity index (χ1v) is 10.4. The van der Waals surface area contributed by atoms with Crippen molar-refractivity contribution in [1.29, 1.82) is 0 Å². The topological polar surface area (TPSA) is 69.6 Å². The summed E-state index contributed by atoms with van der Waals surface area (Å²) in [5.74, 6) is 2.35. The highest BCUT2D eigenvalue weighted by Crippen LogP contribution is 2.30. The van der Waals surface area contributed by atoms with Crippen molar-refractivity contribution in [3.63, 3.8) is 0 Å². The summed E-state index contributed by atoms with van der Waals surface area (Å²) in [4.78, 5) is 0. The van der Waals surface area contributed by atoms with Crippen molar-refractivity contribution in [1.82, 2.24) is 25.0 Å². The van der Waals surface area contributed by atoms with E-state index in [1.54, 1.807) is 0 Å². The fourth-order valence-electron chi connectivity index (χ4n) is 3.08. The van der Waals surface area contributed by atoms with Crippen LogP contribution in [0.5, 0.6) is 0 Å². The number of para-hydroxylation sites is 1. The summed E-state index contributed by atoms with van der Waals surface area (Å²) in [6.07, 6.45) is 0. The zero-order chi connectivity index (χ0) is 20.2. The summed E-state index contributed by atoms with van der Waals surface area (Å²) < 4.78 is 7.88. The fraction of sp³-hybridized carbons (Fsp3) is 0.0435. The van der Waals surface area contributed by atoms with E-state index in [2.05, 4.69) is 25.0 Å². The molecule has 6 nitrogen and oxygen atoms in total. The standard InChI is InChI=1S/C23H17N5OS/c1-4-10-17(11-5-1)21-25-27-23(28(21)19-14-8-3-9-15-19)30-16-20-24-26-22(29-20)18-12-6-2-7-13-18/h1-15H,16H2. The van der Waals surface area contributed by atoms with Crippen LogP contribution in [0.4, 0.5) is 0 Å². The molecule has 30 heavy (non-hydrogen) atoms. The van der Waals surface area contributed by atoms with Gasteiger partial charge in [-0.25, -0.2) is 0 Å². The van der Waals surface area contributed by atoms with Crippen molar-refractivity contribution in [2.45, 2.75) is 10.9 Å². The molecule has 0 aliphatic heterocycles. The number of nitrogens with zero attached hydrogens (tertiary/aromatic N) is 5. The maximum absolute atomic E-state index is 5.83. The molecule has 3 aromatic carbocycles. The minimum atomic E-state index is 0.500. The van der Waals surface area contributed by atoms with E-state index < -0.39 is 0 Å². The third kappa shape index (κ3) is 3.75. The van der Waals surface area contributed by atoms with Crippen LogP contribution in [0.15, 0.2) is 101 Å². The summed E-state index contributed by atoms with van der Waals surface area (Å²) in [7, 11) is 0. The summed E-state index contributed by atoms with van der Waals surface area (Å²) in [6.45, 7) is 0. The molecule has 5 rings (SSSR count). The lowest BCUT2D eigenvalue weighted by atomic mass is 10.2. The van der Waals surface area contributed by atoms with E-state index >= 15 is 0 Å². The molecule has 0 N–H and O–H groups in total.